The summed E-state index contributed by atoms with van der Waals surface area (Å²) in [7, 11) is 3.00. The van der Waals surface area contributed by atoms with Gasteiger partial charge >= 0.3 is 6.01 Å². The molecule has 1 aromatic rings. The van der Waals surface area contributed by atoms with Gasteiger partial charge in [-0.15, -0.1) is 0 Å². The van der Waals surface area contributed by atoms with Crippen LogP contribution in [-0.2, 0) is 0 Å². The minimum atomic E-state index is 0.218. The minimum Gasteiger partial charge on any atom is -0.481 e. The summed E-state index contributed by atoms with van der Waals surface area (Å²) >= 11 is 0. The molecule has 0 amide bonds. The summed E-state index contributed by atoms with van der Waals surface area (Å²) < 4.78 is 9.77. The first-order valence-electron chi connectivity index (χ1n) is 3.41. The lowest BCUT2D eigenvalue weighted by molar-refractivity contribution is 0.351. The zero-order valence-corrected chi connectivity index (χ0v) is 7.29. The molecule has 5 nitrogen and oxygen atoms in total. The van der Waals surface area contributed by atoms with E-state index in [9.17, 15) is 0 Å². The van der Waals surface area contributed by atoms with E-state index in [-0.39, 0.29) is 6.01 Å². The molecule has 0 spiro atoms. The van der Waals surface area contributed by atoms with Crippen molar-refractivity contribution >= 4 is 5.82 Å². The summed E-state index contributed by atoms with van der Waals surface area (Å²) in [5, 5.41) is 0. The number of hydrogen-bond acceptors (Lipinski definition) is 5. The molecule has 0 bridgehead atoms. The zero-order chi connectivity index (χ0) is 9.14. The Hall–Kier alpha value is -1.52. The van der Waals surface area contributed by atoms with Crippen molar-refractivity contribution in [3.05, 3.63) is 5.56 Å². The molecule has 5 heteroatoms. The molecular formula is C7H11N3O2. The van der Waals surface area contributed by atoms with Crippen molar-refractivity contribution in [1.29, 1.82) is 0 Å². The summed E-state index contributed by atoms with van der Waals surface area (Å²) in [6.45, 7) is 1.79. The second kappa shape index (κ2) is 3.25. The van der Waals surface area contributed by atoms with Gasteiger partial charge in [-0.05, 0) is 6.92 Å². The Labute approximate surface area is 70.5 Å². The fraction of sp³-hybridized carbons (Fsp3) is 0.429. The molecular weight excluding hydrogens is 158 g/mol. The average Bonchev–Trinajstić information content (AvgIpc) is 2.09. The topological polar surface area (TPSA) is 70.3 Å². The van der Waals surface area contributed by atoms with Crippen LogP contribution in [0.25, 0.3) is 0 Å². The normalized spacial score (nSPS) is 9.58. The minimum absolute atomic E-state index is 0.218. The number of nitrogens with zero attached hydrogens (tertiary/aromatic N) is 2. The Morgan fingerprint density at radius 2 is 1.83 bits per heavy atom. The van der Waals surface area contributed by atoms with Gasteiger partial charge in [0.05, 0.1) is 19.8 Å². The summed E-state index contributed by atoms with van der Waals surface area (Å²) in [4.78, 5) is 7.80. The largest absolute Gasteiger partial charge is 0.481 e. The molecule has 0 unspecified atom stereocenters. The van der Waals surface area contributed by atoms with Crippen LogP contribution in [0.1, 0.15) is 5.56 Å². The first-order valence-corrected chi connectivity index (χ1v) is 3.41. The lowest BCUT2D eigenvalue weighted by Gasteiger charge is -2.06. The summed E-state index contributed by atoms with van der Waals surface area (Å²) in [6, 6.07) is 0.218. The van der Waals surface area contributed by atoms with E-state index in [4.69, 9.17) is 15.2 Å². The highest BCUT2D eigenvalue weighted by molar-refractivity contribution is 5.45. The molecule has 0 radical (unpaired) electrons. The molecule has 0 fully saturated rings. The molecule has 0 saturated heterocycles. The number of aromatic nitrogens is 2. The molecule has 0 aliphatic rings. The fourth-order valence-corrected chi connectivity index (χ4v) is 0.782. The molecule has 0 aromatic carbocycles. The zero-order valence-electron chi connectivity index (χ0n) is 7.29. The fourth-order valence-electron chi connectivity index (χ4n) is 0.782. The third-order valence-corrected chi connectivity index (χ3v) is 1.49. The van der Waals surface area contributed by atoms with Crippen molar-refractivity contribution in [1.82, 2.24) is 9.97 Å². The van der Waals surface area contributed by atoms with Crippen molar-refractivity contribution in [2.75, 3.05) is 20.0 Å². The Morgan fingerprint density at radius 1 is 1.17 bits per heavy atom. The van der Waals surface area contributed by atoms with E-state index in [0.29, 0.717) is 11.7 Å². The standard InChI is InChI=1S/C7H11N3O2/c1-4-5(8)9-7(12-3)10-6(4)11-2/h1-3H3,(H2,8,9,10). The molecule has 2 N–H and O–H groups in total. The van der Waals surface area contributed by atoms with E-state index in [1.54, 1.807) is 6.92 Å². The molecule has 1 heterocycles. The molecule has 0 atom stereocenters. The number of hydrogen-bond donors (Lipinski definition) is 1. The summed E-state index contributed by atoms with van der Waals surface area (Å²) in [5.74, 6) is 0.818. The quantitative estimate of drug-likeness (QED) is 0.693. The van der Waals surface area contributed by atoms with Gasteiger partial charge in [0.25, 0.3) is 0 Å². The Balaban J connectivity index is 3.19. The van der Waals surface area contributed by atoms with Crippen molar-refractivity contribution in [2.24, 2.45) is 0 Å². The van der Waals surface area contributed by atoms with E-state index < -0.39 is 0 Å². The summed E-state index contributed by atoms with van der Waals surface area (Å²) in [6.07, 6.45) is 0. The van der Waals surface area contributed by atoms with Gasteiger partial charge in [0, 0.05) is 0 Å². The molecule has 66 valence electrons. The SMILES string of the molecule is COc1nc(N)c(C)c(OC)n1. The van der Waals surface area contributed by atoms with Gasteiger partial charge in [-0.25, -0.2) is 0 Å². The Morgan fingerprint density at radius 3 is 2.33 bits per heavy atom. The Kier molecular flexibility index (Phi) is 2.32. The van der Waals surface area contributed by atoms with E-state index >= 15 is 0 Å². The summed E-state index contributed by atoms with van der Waals surface area (Å²) in [5.41, 5.74) is 6.28. The van der Waals surface area contributed by atoms with Crippen LogP contribution in [0.4, 0.5) is 5.82 Å². The molecule has 0 aliphatic heterocycles. The predicted molar refractivity (Wildman–Crippen MR) is 44.3 cm³/mol. The number of rotatable bonds is 2. The van der Waals surface area contributed by atoms with Gasteiger partial charge in [-0.3, -0.25) is 0 Å². The van der Waals surface area contributed by atoms with Gasteiger partial charge in [0.15, 0.2) is 0 Å². The average molecular weight is 169 g/mol. The van der Waals surface area contributed by atoms with E-state index in [1.165, 1.54) is 14.2 Å². The smallest absolute Gasteiger partial charge is 0.321 e. The highest BCUT2D eigenvalue weighted by atomic mass is 16.5. The van der Waals surface area contributed by atoms with Gasteiger partial charge in [-0.2, -0.15) is 9.97 Å². The lowest BCUT2D eigenvalue weighted by Crippen LogP contribution is -2.02. The van der Waals surface area contributed by atoms with Crippen LogP contribution < -0.4 is 15.2 Å². The second-order valence-electron chi connectivity index (χ2n) is 2.23. The first kappa shape index (κ1) is 8.58. The third-order valence-electron chi connectivity index (χ3n) is 1.49. The number of nitrogens with two attached hydrogens (primary N) is 1. The molecule has 0 aliphatic carbocycles. The number of ether oxygens (including phenoxy) is 2. The highest BCUT2D eigenvalue weighted by Crippen LogP contribution is 2.21. The lowest BCUT2D eigenvalue weighted by atomic mass is 10.3. The van der Waals surface area contributed by atoms with Gasteiger partial charge in [0.2, 0.25) is 5.88 Å². The molecule has 0 saturated carbocycles. The highest BCUT2D eigenvalue weighted by Gasteiger charge is 2.08. The number of nitrogen functional groups attached to an aromatic ring is 1. The van der Waals surface area contributed by atoms with E-state index in [0.717, 1.165) is 5.56 Å². The molecule has 1 rings (SSSR count). The van der Waals surface area contributed by atoms with Gasteiger partial charge < -0.3 is 15.2 Å². The van der Waals surface area contributed by atoms with Crippen LogP contribution in [-0.4, -0.2) is 24.2 Å². The van der Waals surface area contributed by atoms with E-state index in [1.807, 2.05) is 0 Å². The van der Waals surface area contributed by atoms with Crippen LogP contribution in [0.15, 0.2) is 0 Å². The van der Waals surface area contributed by atoms with Gasteiger partial charge in [-0.1, -0.05) is 0 Å². The monoisotopic (exact) mass is 169 g/mol. The van der Waals surface area contributed by atoms with Crippen molar-refractivity contribution in [2.45, 2.75) is 6.92 Å². The second-order valence-corrected chi connectivity index (χ2v) is 2.23. The van der Waals surface area contributed by atoms with Crippen LogP contribution >= 0.6 is 0 Å². The maximum absolute atomic E-state index is 5.56. The third kappa shape index (κ3) is 1.39. The molecule has 12 heavy (non-hydrogen) atoms. The van der Waals surface area contributed by atoms with E-state index in [2.05, 4.69) is 9.97 Å². The molecule has 1 aromatic heterocycles. The van der Waals surface area contributed by atoms with Crippen LogP contribution in [0.5, 0.6) is 11.9 Å². The maximum Gasteiger partial charge on any atom is 0.321 e. The Bertz CT molecular complexity index is 288. The van der Waals surface area contributed by atoms with Gasteiger partial charge in [0.1, 0.15) is 5.82 Å². The van der Waals surface area contributed by atoms with Crippen molar-refractivity contribution in [3.8, 4) is 11.9 Å². The van der Waals surface area contributed by atoms with Crippen LogP contribution in [0.3, 0.4) is 0 Å². The maximum atomic E-state index is 5.56. The first-order chi connectivity index (χ1) is 5.69. The number of anilines is 1. The van der Waals surface area contributed by atoms with Crippen molar-refractivity contribution < 1.29 is 9.47 Å². The predicted octanol–water partition coefficient (Wildman–Crippen LogP) is 0.384. The van der Waals surface area contributed by atoms with Crippen LogP contribution in [0, 0.1) is 6.92 Å². The number of methoxy groups -OCH3 is 2. The van der Waals surface area contributed by atoms with Crippen molar-refractivity contribution in [3.63, 3.8) is 0 Å². The van der Waals surface area contributed by atoms with Crippen LogP contribution in [0.2, 0.25) is 0 Å².